The third kappa shape index (κ3) is 7.41. The highest BCUT2D eigenvalue weighted by atomic mass is 32.2. The van der Waals surface area contributed by atoms with Crippen LogP contribution in [0.25, 0.3) is 0 Å². The van der Waals surface area contributed by atoms with Crippen LogP contribution in [0.5, 0.6) is 0 Å². The van der Waals surface area contributed by atoms with Gasteiger partial charge in [0.05, 0.1) is 18.1 Å². The minimum absolute atomic E-state index is 0.0243. The number of hydrogen-bond donors (Lipinski definition) is 0. The number of carbonyl (C=O) groups excluding carboxylic acids is 2. The van der Waals surface area contributed by atoms with Crippen molar-refractivity contribution in [3.8, 4) is 0 Å². The second-order valence-corrected chi connectivity index (χ2v) is 14.9. The number of aryl methyl sites for hydroxylation is 1. The molecule has 0 unspecified atom stereocenters. The Morgan fingerprint density at radius 2 is 1.39 bits per heavy atom. The van der Waals surface area contributed by atoms with Gasteiger partial charge in [0, 0.05) is 0 Å². The van der Waals surface area contributed by atoms with Crippen molar-refractivity contribution in [1.29, 1.82) is 0 Å². The predicted molar refractivity (Wildman–Crippen MR) is 119 cm³/mol. The summed E-state index contributed by atoms with van der Waals surface area (Å²) in [4.78, 5) is 25.3. The molecule has 0 aromatic heterocycles. The third-order valence-electron chi connectivity index (χ3n) is 5.08. The smallest absolute Gasteiger partial charge is 0.340 e. The molecule has 0 radical (unpaired) electrons. The summed E-state index contributed by atoms with van der Waals surface area (Å²) >= 11 is 0. The summed E-state index contributed by atoms with van der Waals surface area (Å²) in [6, 6.07) is 5.93. The molecule has 0 aliphatic rings. The number of hydrogen-bond acceptors (Lipinski definition) is 8. The molecule has 1 aromatic rings. The lowest BCUT2D eigenvalue weighted by molar-refractivity contribution is -0.169. The zero-order valence-electron chi connectivity index (χ0n) is 19.6. The van der Waals surface area contributed by atoms with E-state index in [1.807, 2.05) is 40.8 Å². The standard InChI is InChI=1S/C21H34O8SSi/c1-9-26-19(22)17(28-30(24,25)16-13-11-15(3)12-14-16)18(20(23)27-10-2)29-31(7,8)21(4,5)6/h11-14,17-18H,9-10H2,1-8H3/t17-,18-/m0/s1. The Bertz CT molecular complexity index is 856. The summed E-state index contributed by atoms with van der Waals surface area (Å²) in [5, 5.41) is -0.327. The molecule has 0 aliphatic carbocycles. The van der Waals surface area contributed by atoms with E-state index in [4.69, 9.17) is 18.1 Å². The minimum Gasteiger partial charge on any atom is -0.464 e. The number of ether oxygens (including phenoxy) is 2. The van der Waals surface area contributed by atoms with Gasteiger partial charge in [-0.25, -0.2) is 13.8 Å². The molecule has 0 heterocycles. The molecule has 0 fully saturated rings. The summed E-state index contributed by atoms with van der Waals surface area (Å²) in [6.45, 7) is 14.6. The van der Waals surface area contributed by atoms with Gasteiger partial charge < -0.3 is 13.9 Å². The second-order valence-electron chi connectivity index (χ2n) is 8.59. The average Bonchev–Trinajstić information content (AvgIpc) is 2.64. The van der Waals surface area contributed by atoms with Gasteiger partial charge in [-0.1, -0.05) is 38.5 Å². The Morgan fingerprint density at radius 1 is 0.935 bits per heavy atom. The molecular weight excluding hydrogens is 440 g/mol. The van der Waals surface area contributed by atoms with Crippen LogP contribution in [-0.2, 0) is 37.8 Å². The largest absolute Gasteiger partial charge is 0.464 e. The molecule has 10 heteroatoms. The van der Waals surface area contributed by atoms with Crippen LogP contribution in [0.2, 0.25) is 18.1 Å². The lowest BCUT2D eigenvalue weighted by atomic mass is 10.2. The Labute approximate surface area is 186 Å². The van der Waals surface area contributed by atoms with Gasteiger partial charge >= 0.3 is 11.9 Å². The first-order valence-corrected chi connectivity index (χ1v) is 14.5. The number of carbonyl (C=O) groups is 2. The topological polar surface area (TPSA) is 105 Å². The molecule has 0 saturated carbocycles. The number of rotatable bonds is 10. The molecule has 1 aromatic carbocycles. The van der Waals surface area contributed by atoms with Gasteiger partial charge in [0.15, 0.2) is 14.4 Å². The van der Waals surface area contributed by atoms with Gasteiger partial charge in [-0.15, -0.1) is 0 Å². The summed E-state index contributed by atoms with van der Waals surface area (Å²) in [6.07, 6.45) is -3.44. The molecule has 0 N–H and O–H groups in total. The average molecular weight is 475 g/mol. The summed E-state index contributed by atoms with van der Waals surface area (Å²) in [5.74, 6) is -1.90. The Balaban J connectivity index is 3.45. The van der Waals surface area contributed by atoms with E-state index < -0.39 is 42.6 Å². The van der Waals surface area contributed by atoms with E-state index in [0.29, 0.717) is 0 Å². The highest BCUT2D eigenvalue weighted by molar-refractivity contribution is 7.86. The molecule has 8 nitrogen and oxygen atoms in total. The fourth-order valence-electron chi connectivity index (χ4n) is 2.29. The van der Waals surface area contributed by atoms with Crippen LogP contribution < -0.4 is 0 Å². The fourth-order valence-corrected chi connectivity index (χ4v) is 4.53. The SMILES string of the molecule is CCOC(=O)[C@@H](O[Si](C)(C)C(C)(C)C)[C@H](OS(=O)(=O)c1ccc(C)cc1)C(=O)OCC. The lowest BCUT2D eigenvalue weighted by Gasteiger charge is -2.39. The lowest BCUT2D eigenvalue weighted by Crippen LogP contribution is -2.54. The third-order valence-corrected chi connectivity index (χ3v) is 10.8. The van der Waals surface area contributed by atoms with E-state index >= 15 is 0 Å². The highest BCUT2D eigenvalue weighted by Gasteiger charge is 2.48. The number of benzene rings is 1. The summed E-state index contributed by atoms with van der Waals surface area (Å²) in [7, 11) is -7.03. The van der Waals surface area contributed by atoms with Crippen molar-refractivity contribution in [1.82, 2.24) is 0 Å². The van der Waals surface area contributed by atoms with Gasteiger partial charge in [0.2, 0.25) is 6.10 Å². The summed E-state index contributed by atoms with van der Waals surface area (Å²) in [5.41, 5.74) is 0.853. The Morgan fingerprint density at radius 3 is 1.81 bits per heavy atom. The van der Waals surface area contributed by atoms with Crippen molar-refractivity contribution < 1.29 is 36.1 Å². The van der Waals surface area contributed by atoms with E-state index in [9.17, 15) is 18.0 Å². The second kappa shape index (κ2) is 10.7. The molecule has 176 valence electrons. The van der Waals surface area contributed by atoms with Crippen molar-refractivity contribution >= 4 is 30.4 Å². The summed E-state index contributed by atoms with van der Waals surface area (Å²) < 4.78 is 47.2. The van der Waals surface area contributed by atoms with Crippen LogP contribution >= 0.6 is 0 Å². The molecule has 0 aliphatic heterocycles. The van der Waals surface area contributed by atoms with Crippen LogP contribution in [0, 0.1) is 6.92 Å². The maximum absolute atomic E-state index is 12.9. The zero-order chi connectivity index (χ0) is 24.0. The molecule has 2 atom stereocenters. The van der Waals surface area contributed by atoms with Crippen LogP contribution in [0.15, 0.2) is 29.2 Å². The Kier molecular flexibility index (Phi) is 9.43. The Hall–Kier alpha value is -1.75. The van der Waals surface area contributed by atoms with Gasteiger partial charge in [0.25, 0.3) is 10.1 Å². The van der Waals surface area contributed by atoms with E-state index in [-0.39, 0.29) is 23.1 Å². The molecule has 0 bridgehead atoms. The molecule has 0 spiro atoms. The fraction of sp³-hybridized carbons (Fsp3) is 0.619. The highest BCUT2D eigenvalue weighted by Crippen LogP contribution is 2.38. The minimum atomic E-state index is -4.40. The molecule has 1 rings (SSSR count). The molecule has 0 saturated heterocycles. The van der Waals surface area contributed by atoms with Crippen molar-refractivity contribution in [2.45, 2.75) is 76.8 Å². The zero-order valence-corrected chi connectivity index (χ0v) is 21.4. The van der Waals surface area contributed by atoms with Crippen LogP contribution in [0.3, 0.4) is 0 Å². The molecular formula is C21H34O8SSi. The van der Waals surface area contributed by atoms with Crippen molar-refractivity contribution in [3.63, 3.8) is 0 Å². The molecule has 0 amide bonds. The van der Waals surface area contributed by atoms with Crippen LogP contribution in [-0.4, -0.2) is 54.1 Å². The van der Waals surface area contributed by atoms with E-state index in [0.717, 1.165) is 5.56 Å². The van der Waals surface area contributed by atoms with Crippen molar-refractivity contribution in [2.75, 3.05) is 13.2 Å². The van der Waals surface area contributed by atoms with Gasteiger partial charge in [-0.2, -0.15) is 8.42 Å². The van der Waals surface area contributed by atoms with E-state index in [1.165, 1.54) is 12.1 Å². The van der Waals surface area contributed by atoms with Crippen LogP contribution in [0.1, 0.15) is 40.2 Å². The first-order chi connectivity index (χ1) is 14.2. The van der Waals surface area contributed by atoms with Crippen molar-refractivity contribution in [2.24, 2.45) is 0 Å². The van der Waals surface area contributed by atoms with E-state index in [1.54, 1.807) is 26.0 Å². The van der Waals surface area contributed by atoms with Gasteiger partial charge in [-0.3, -0.25) is 0 Å². The first-order valence-electron chi connectivity index (χ1n) is 10.2. The monoisotopic (exact) mass is 474 g/mol. The molecule has 31 heavy (non-hydrogen) atoms. The maximum atomic E-state index is 12.9. The first kappa shape index (κ1) is 27.3. The quantitative estimate of drug-likeness (QED) is 0.288. The van der Waals surface area contributed by atoms with E-state index in [2.05, 4.69) is 0 Å². The normalized spacial score (nSPS) is 14.6. The van der Waals surface area contributed by atoms with Crippen LogP contribution in [0.4, 0.5) is 0 Å². The maximum Gasteiger partial charge on any atom is 0.340 e. The van der Waals surface area contributed by atoms with Gasteiger partial charge in [-0.05, 0) is 51.0 Å². The van der Waals surface area contributed by atoms with Gasteiger partial charge in [0.1, 0.15) is 0 Å². The predicted octanol–water partition coefficient (Wildman–Crippen LogP) is 3.59. The van der Waals surface area contributed by atoms with Crippen molar-refractivity contribution in [3.05, 3.63) is 29.8 Å². The number of esters is 2.